The van der Waals surface area contributed by atoms with Crippen molar-refractivity contribution >= 4 is 18.0 Å². The number of nitrogens with two attached hydrogens (primary N) is 1. The quantitative estimate of drug-likeness (QED) is 0.407. The summed E-state index contributed by atoms with van der Waals surface area (Å²) in [5, 5.41) is 11.4. The summed E-state index contributed by atoms with van der Waals surface area (Å²) >= 11 is 0. The summed E-state index contributed by atoms with van der Waals surface area (Å²) in [6, 6.07) is 6.93. The van der Waals surface area contributed by atoms with Crippen molar-refractivity contribution in [2.45, 2.75) is 46.3 Å². The Morgan fingerprint density at radius 1 is 1.24 bits per heavy atom. The lowest BCUT2D eigenvalue weighted by Gasteiger charge is -2.21. The predicted octanol–water partition coefficient (Wildman–Crippen LogP) is 4.17. The van der Waals surface area contributed by atoms with Gasteiger partial charge in [-0.15, -0.1) is 0 Å². The number of ether oxygens (including phenoxy) is 2. The number of rotatable bonds is 8. The number of esters is 1. The van der Waals surface area contributed by atoms with Gasteiger partial charge >= 0.3 is 18.0 Å². The maximum Gasteiger partial charge on any atom is 0.341 e. The highest BCUT2D eigenvalue weighted by Crippen LogP contribution is 2.46. The van der Waals surface area contributed by atoms with Crippen molar-refractivity contribution in [1.82, 2.24) is 5.32 Å². The van der Waals surface area contributed by atoms with Gasteiger partial charge in [0, 0.05) is 28.7 Å². The molecular weight excluding hydrogens is 424 g/mol. The van der Waals surface area contributed by atoms with E-state index in [0.717, 1.165) is 22.3 Å². The van der Waals surface area contributed by atoms with E-state index in [2.05, 4.69) is 5.32 Å². The van der Waals surface area contributed by atoms with E-state index in [1.165, 1.54) is 0 Å². The number of hydrogen-bond donors (Lipinski definition) is 3. The molecule has 2 aromatic rings. The zero-order valence-electron chi connectivity index (χ0n) is 19.2. The third-order valence-electron chi connectivity index (χ3n) is 5.70. The smallest absolute Gasteiger partial charge is 0.341 e. The van der Waals surface area contributed by atoms with Gasteiger partial charge in [-0.1, -0.05) is 41.5 Å². The number of carboxylic acids is 1. The largest absolute Gasteiger partial charge is 0.496 e. The molecule has 1 heterocycles. The Morgan fingerprint density at radius 2 is 1.97 bits per heavy atom. The molecular formula is C25H28N2O6. The number of carbonyl (C=O) groups excluding carboxylic acids is 2. The van der Waals surface area contributed by atoms with Crippen molar-refractivity contribution in [3.05, 3.63) is 63.7 Å². The Morgan fingerprint density at radius 3 is 2.58 bits per heavy atom. The Kier molecular flexibility index (Phi) is 7.06. The molecule has 1 atom stereocenters. The van der Waals surface area contributed by atoms with E-state index in [-0.39, 0.29) is 6.42 Å². The Hall–Kier alpha value is -3.81. The molecule has 3 rings (SSSR count). The monoisotopic (exact) mass is 452 g/mol. The number of carbonyl (C=O) groups is 3. The Balaban J connectivity index is 2.26. The number of hydrogen-bond acceptors (Lipinski definition) is 5. The van der Waals surface area contributed by atoms with Crippen LogP contribution in [0.25, 0.3) is 11.1 Å². The lowest BCUT2D eigenvalue weighted by Crippen LogP contribution is -2.33. The van der Waals surface area contributed by atoms with Crippen LogP contribution in [0.1, 0.15) is 58.6 Å². The van der Waals surface area contributed by atoms with E-state index in [1.54, 1.807) is 14.0 Å². The number of allylic oxidation sites excluding steroid dienone is 2. The standard InChI is InChI=1S/C25H28N2O6/c1-13(9-11-18(28)29)8-10-17-20(16-7-5-6-14(2)12-16)21-19(15(3)22(17)32-4)23(27-25(26)31)33-24(21)30/h5-8,12,23H,9-11H2,1-4H3,(H,28,29)(H3,26,27,31). The molecule has 2 amide bonds. The normalized spacial score (nSPS) is 15.1. The number of amides is 2. The molecule has 0 radical (unpaired) electrons. The van der Waals surface area contributed by atoms with Crippen molar-refractivity contribution in [2.75, 3.05) is 7.11 Å². The van der Waals surface area contributed by atoms with Gasteiger partial charge in [0.1, 0.15) is 5.75 Å². The van der Waals surface area contributed by atoms with Gasteiger partial charge in [0.05, 0.1) is 12.7 Å². The summed E-state index contributed by atoms with van der Waals surface area (Å²) in [5.74, 6) is -0.842. The van der Waals surface area contributed by atoms with E-state index in [9.17, 15) is 14.4 Å². The maximum atomic E-state index is 13.0. The molecule has 1 unspecified atom stereocenters. The first kappa shape index (κ1) is 23.8. The number of primary amides is 1. The molecule has 0 spiro atoms. The minimum atomic E-state index is -1.01. The van der Waals surface area contributed by atoms with Gasteiger partial charge in [0.25, 0.3) is 0 Å². The average molecular weight is 453 g/mol. The predicted molar refractivity (Wildman–Crippen MR) is 123 cm³/mol. The van der Waals surface area contributed by atoms with Crippen LogP contribution < -0.4 is 15.8 Å². The van der Waals surface area contributed by atoms with Crippen LogP contribution >= 0.6 is 0 Å². The Bertz CT molecular complexity index is 1150. The molecule has 1 aliphatic heterocycles. The van der Waals surface area contributed by atoms with Gasteiger partial charge in [0.15, 0.2) is 0 Å². The summed E-state index contributed by atoms with van der Waals surface area (Å²) in [7, 11) is 1.55. The number of urea groups is 1. The van der Waals surface area contributed by atoms with E-state index in [0.29, 0.717) is 40.8 Å². The zero-order valence-corrected chi connectivity index (χ0v) is 19.2. The van der Waals surface area contributed by atoms with Crippen LogP contribution in [0.5, 0.6) is 5.75 Å². The number of carboxylic acid groups (broad SMARTS) is 1. The minimum Gasteiger partial charge on any atom is -0.496 e. The summed E-state index contributed by atoms with van der Waals surface area (Å²) in [4.78, 5) is 35.5. The first-order chi connectivity index (χ1) is 15.6. The molecule has 0 bridgehead atoms. The lowest BCUT2D eigenvalue weighted by molar-refractivity contribution is -0.136. The number of fused-ring (bicyclic) bond motifs is 1. The first-order valence-electron chi connectivity index (χ1n) is 10.6. The lowest BCUT2D eigenvalue weighted by atomic mass is 9.85. The van der Waals surface area contributed by atoms with Crippen molar-refractivity contribution in [3.8, 4) is 16.9 Å². The van der Waals surface area contributed by atoms with Gasteiger partial charge in [-0.05, 0) is 39.2 Å². The van der Waals surface area contributed by atoms with Gasteiger partial charge in [-0.25, -0.2) is 9.59 Å². The van der Waals surface area contributed by atoms with E-state index < -0.39 is 24.2 Å². The number of methoxy groups -OCH3 is 1. The highest BCUT2D eigenvalue weighted by Gasteiger charge is 2.39. The molecule has 0 saturated carbocycles. The fourth-order valence-corrected chi connectivity index (χ4v) is 4.20. The van der Waals surface area contributed by atoms with Crippen molar-refractivity contribution < 1.29 is 29.0 Å². The molecule has 0 fully saturated rings. The van der Waals surface area contributed by atoms with Crippen LogP contribution in [0.15, 0.2) is 35.9 Å². The number of aryl methyl sites for hydroxylation is 1. The van der Waals surface area contributed by atoms with Crippen LogP contribution in [0.2, 0.25) is 0 Å². The second kappa shape index (κ2) is 9.77. The molecule has 8 heteroatoms. The topological polar surface area (TPSA) is 128 Å². The molecule has 33 heavy (non-hydrogen) atoms. The number of benzene rings is 2. The van der Waals surface area contributed by atoms with Crippen LogP contribution in [-0.4, -0.2) is 30.2 Å². The number of nitrogens with one attached hydrogen (secondary N) is 1. The number of cyclic esters (lactones) is 1. The van der Waals surface area contributed by atoms with Gasteiger partial charge in [-0.3, -0.25) is 10.1 Å². The third kappa shape index (κ3) is 5.00. The van der Waals surface area contributed by atoms with Crippen LogP contribution in [0.3, 0.4) is 0 Å². The van der Waals surface area contributed by atoms with Crippen LogP contribution in [0.4, 0.5) is 4.79 Å². The fraction of sp³-hybridized carbons (Fsp3) is 0.320. The van der Waals surface area contributed by atoms with Crippen molar-refractivity contribution in [3.63, 3.8) is 0 Å². The van der Waals surface area contributed by atoms with Crippen molar-refractivity contribution in [1.29, 1.82) is 0 Å². The fourth-order valence-electron chi connectivity index (χ4n) is 4.20. The maximum absolute atomic E-state index is 13.0. The highest BCUT2D eigenvalue weighted by atomic mass is 16.6. The molecule has 4 N–H and O–H groups in total. The summed E-state index contributed by atoms with van der Waals surface area (Å²) < 4.78 is 11.3. The van der Waals surface area contributed by atoms with Crippen LogP contribution in [0, 0.1) is 13.8 Å². The second-order valence-corrected chi connectivity index (χ2v) is 8.11. The van der Waals surface area contributed by atoms with Crippen LogP contribution in [-0.2, 0) is 16.0 Å². The third-order valence-corrected chi connectivity index (χ3v) is 5.70. The second-order valence-electron chi connectivity index (χ2n) is 8.11. The van der Waals surface area contributed by atoms with Gasteiger partial charge in [0.2, 0.25) is 6.23 Å². The molecule has 0 saturated heterocycles. The van der Waals surface area contributed by atoms with Gasteiger partial charge < -0.3 is 20.3 Å². The van der Waals surface area contributed by atoms with Crippen molar-refractivity contribution in [2.24, 2.45) is 5.73 Å². The summed E-state index contributed by atoms with van der Waals surface area (Å²) in [5.41, 5.74) is 11.0. The van der Waals surface area contributed by atoms with E-state index in [1.807, 2.05) is 44.2 Å². The molecule has 8 nitrogen and oxygen atoms in total. The summed E-state index contributed by atoms with van der Waals surface area (Å²) in [6.45, 7) is 5.64. The summed E-state index contributed by atoms with van der Waals surface area (Å²) in [6.07, 6.45) is 1.83. The minimum absolute atomic E-state index is 0.0419. The highest BCUT2D eigenvalue weighted by molar-refractivity contribution is 6.04. The molecule has 0 aromatic heterocycles. The Labute approximate surface area is 192 Å². The zero-order chi connectivity index (χ0) is 24.3. The molecule has 2 aromatic carbocycles. The SMILES string of the molecule is COc1c(C)c2c(c(-c3cccc(C)c3)c1CC=C(C)CCC(=O)O)C(=O)OC2NC(N)=O. The van der Waals surface area contributed by atoms with Gasteiger partial charge in [-0.2, -0.15) is 0 Å². The molecule has 0 aliphatic carbocycles. The number of aliphatic carboxylic acids is 1. The van der Waals surface area contributed by atoms with E-state index in [4.69, 9.17) is 20.3 Å². The molecule has 1 aliphatic rings. The van der Waals surface area contributed by atoms with E-state index >= 15 is 0 Å². The average Bonchev–Trinajstić information content (AvgIpc) is 3.06. The molecule has 174 valence electrons. The first-order valence-corrected chi connectivity index (χ1v) is 10.6.